The molecule has 20 heavy (non-hydrogen) atoms. The number of anilines is 1. The molecule has 3 rings (SSSR count). The van der Waals surface area contributed by atoms with Crippen LogP contribution in [0.25, 0.3) is 0 Å². The number of amides is 2. The highest BCUT2D eigenvalue weighted by Crippen LogP contribution is 2.26. The molecule has 0 saturated heterocycles. The SMILES string of the molecule is O=C1c2cccnc2C(=O)N1Nc1cc(Cl)cc(Cl)c1. The van der Waals surface area contributed by atoms with Crippen LogP contribution < -0.4 is 5.43 Å². The number of carbonyl (C=O) groups excluding carboxylic acids is 2. The second kappa shape index (κ2) is 4.77. The zero-order valence-corrected chi connectivity index (χ0v) is 11.4. The summed E-state index contributed by atoms with van der Waals surface area (Å²) in [4.78, 5) is 28.1. The number of nitrogens with one attached hydrogen (secondary N) is 1. The van der Waals surface area contributed by atoms with Gasteiger partial charge in [0.2, 0.25) is 0 Å². The van der Waals surface area contributed by atoms with Crippen LogP contribution in [0, 0.1) is 0 Å². The van der Waals surface area contributed by atoms with Gasteiger partial charge in [0.15, 0.2) is 0 Å². The highest BCUT2D eigenvalue weighted by atomic mass is 35.5. The molecule has 2 aromatic rings. The molecule has 0 unspecified atom stereocenters. The van der Waals surface area contributed by atoms with Crippen LogP contribution in [-0.2, 0) is 0 Å². The van der Waals surface area contributed by atoms with E-state index in [-0.39, 0.29) is 11.3 Å². The van der Waals surface area contributed by atoms with Gasteiger partial charge in [0.25, 0.3) is 11.8 Å². The van der Waals surface area contributed by atoms with E-state index in [1.54, 1.807) is 30.3 Å². The highest BCUT2D eigenvalue weighted by molar-refractivity contribution is 6.35. The lowest BCUT2D eigenvalue weighted by Gasteiger charge is -2.16. The predicted molar refractivity (Wildman–Crippen MR) is 74.8 cm³/mol. The molecule has 2 heterocycles. The van der Waals surface area contributed by atoms with Crippen molar-refractivity contribution in [2.24, 2.45) is 0 Å². The number of hydrogen-bond donors (Lipinski definition) is 1. The second-order valence-corrected chi connectivity index (χ2v) is 4.99. The molecule has 0 aliphatic carbocycles. The molecule has 1 aromatic carbocycles. The largest absolute Gasteiger partial charge is 0.299 e. The zero-order valence-electron chi connectivity index (χ0n) is 9.93. The van der Waals surface area contributed by atoms with Crippen LogP contribution in [0.5, 0.6) is 0 Å². The van der Waals surface area contributed by atoms with Crippen molar-refractivity contribution in [2.45, 2.75) is 0 Å². The Morgan fingerprint density at radius 3 is 2.40 bits per heavy atom. The molecule has 2 amide bonds. The molecule has 1 N–H and O–H groups in total. The molecule has 0 atom stereocenters. The monoisotopic (exact) mass is 307 g/mol. The van der Waals surface area contributed by atoms with E-state index in [0.717, 1.165) is 5.01 Å². The van der Waals surface area contributed by atoms with Crippen LogP contribution >= 0.6 is 23.2 Å². The highest BCUT2D eigenvalue weighted by Gasteiger charge is 2.37. The standard InChI is InChI=1S/C13H7Cl2N3O2/c14-7-4-8(15)6-9(5-7)17-18-12(19)10-2-1-3-16-11(10)13(18)20/h1-6,17H. The summed E-state index contributed by atoms with van der Waals surface area (Å²) < 4.78 is 0. The summed E-state index contributed by atoms with van der Waals surface area (Å²) in [5.74, 6) is -0.976. The van der Waals surface area contributed by atoms with Crippen molar-refractivity contribution in [3.8, 4) is 0 Å². The molecular weight excluding hydrogens is 301 g/mol. The van der Waals surface area contributed by atoms with Gasteiger partial charge in [-0.05, 0) is 30.3 Å². The first-order valence-corrected chi connectivity index (χ1v) is 6.38. The van der Waals surface area contributed by atoms with Crippen LogP contribution in [-0.4, -0.2) is 21.8 Å². The van der Waals surface area contributed by atoms with Crippen LogP contribution in [0.1, 0.15) is 20.8 Å². The second-order valence-electron chi connectivity index (χ2n) is 4.12. The van der Waals surface area contributed by atoms with Crippen LogP contribution in [0.4, 0.5) is 5.69 Å². The molecular formula is C13H7Cl2N3O2. The van der Waals surface area contributed by atoms with Gasteiger partial charge in [-0.3, -0.25) is 20.0 Å². The molecule has 5 nitrogen and oxygen atoms in total. The van der Waals surface area contributed by atoms with Gasteiger partial charge >= 0.3 is 0 Å². The number of pyridine rings is 1. The molecule has 0 spiro atoms. The van der Waals surface area contributed by atoms with Gasteiger partial charge in [0.05, 0.1) is 11.3 Å². The number of nitrogens with zero attached hydrogens (tertiary/aromatic N) is 2. The number of fused-ring (bicyclic) bond motifs is 1. The summed E-state index contributed by atoms with van der Waals surface area (Å²) in [6, 6.07) is 7.83. The number of benzene rings is 1. The van der Waals surface area contributed by atoms with E-state index in [4.69, 9.17) is 23.2 Å². The summed E-state index contributed by atoms with van der Waals surface area (Å²) in [5.41, 5.74) is 3.52. The number of halogens is 2. The first-order valence-electron chi connectivity index (χ1n) is 5.63. The lowest BCUT2D eigenvalue weighted by Crippen LogP contribution is -2.35. The van der Waals surface area contributed by atoms with Gasteiger partial charge < -0.3 is 0 Å². The Kier molecular flexibility index (Phi) is 3.08. The lowest BCUT2D eigenvalue weighted by molar-refractivity contribution is 0.0689. The Hall–Kier alpha value is -2.11. The van der Waals surface area contributed by atoms with Gasteiger partial charge in [0.1, 0.15) is 5.69 Å². The van der Waals surface area contributed by atoms with E-state index in [9.17, 15) is 9.59 Å². The lowest BCUT2D eigenvalue weighted by atomic mass is 10.2. The van der Waals surface area contributed by atoms with Crippen LogP contribution in [0.2, 0.25) is 10.0 Å². The number of aromatic nitrogens is 1. The smallest absolute Gasteiger partial charge is 0.288 e. The minimum Gasteiger partial charge on any atom is -0.288 e. The van der Waals surface area contributed by atoms with Crippen molar-refractivity contribution in [1.82, 2.24) is 9.99 Å². The number of rotatable bonds is 2. The first-order chi connectivity index (χ1) is 9.56. The summed E-state index contributed by atoms with van der Waals surface area (Å²) in [6.45, 7) is 0. The van der Waals surface area contributed by atoms with Gasteiger partial charge in [-0.2, -0.15) is 5.01 Å². The maximum Gasteiger partial charge on any atom is 0.299 e. The van der Waals surface area contributed by atoms with Crippen LogP contribution in [0.15, 0.2) is 36.5 Å². The van der Waals surface area contributed by atoms with E-state index in [1.807, 2.05) is 0 Å². The molecule has 0 saturated carbocycles. The molecule has 0 bridgehead atoms. The van der Waals surface area contributed by atoms with E-state index in [1.165, 1.54) is 6.20 Å². The summed E-state index contributed by atoms with van der Waals surface area (Å²) in [7, 11) is 0. The average Bonchev–Trinajstić information content (AvgIpc) is 2.64. The molecule has 1 aliphatic heterocycles. The normalized spacial score (nSPS) is 13.6. The van der Waals surface area contributed by atoms with Crippen molar-refractivity contribution in [3.05, 3.63) is 57.8 Å². The molecule has 1 aromatic heterocycles. The van der Waals surface area contributed by atoms with Gasteiger partial charge in [-0.15, -0.1) is 0 Å². The third kappa shape index (κ3) is 2.11. The first kappa shape index (κ1) is 12.9. The fourth-order valence-corrected chi connectivity index (χ4v) is 2.44. The van der Waals surface area contributed by atoms with Crippen molar-refractivity contribution < 1.29 is 9.59 Å². The van der Waals surface area contributed by atoms with E-state index in [0.29, 0.717) is 15.7 Å². The Labute approximate surface area is 124 Å². The maximum absolute atomic E-state index is 12.1. The summed E-state index contributed by atoms with van der Waals surface area (Å²) in [5, 5.41) is 1.68. The predicted octanol–water partition coefficient (Wildman–Crippen LogP) is 3.01. The Morgan fingerprint density at radius 2 is 1.75 bits per heavy atom. The zero-order chi connectivity index (χ0) is 14.3. The molecule has 100 valence electrons. The van der Waals surface area contributed by atoms with Gasteiger partial charge in [-0.1, -0.05) is 23.2 Å². The Bertz CT molecular complexity index is 678. The van der Waals surface area contributed by atoms with Crippen molar-refractivity contribution in [1.29, 1.82) is 0 Å². The van der Waals surface area contributed by atoms with E-state index >= 15 is 0 Å². The van der Waals surface area contributed by atoms with Gasteiger partial charge in [-0.25, -0.2) is 0 Å². The number of carbonyl (C=O) groups is 2. The molecule has 0 radical (unpaired) electrons. The van der Waals surface area contributed by atoms with Crippen molar-refractivity contribution in [3.63, 3.8) is 0 Å². The minimum absolute atomic E-state index is 0.123. The Morgan fingerprint density at radius 1 is 1.05 bits per heavy atom. The minimum atomic E-state index is -0.512. The molecule has 0 fully saturated rings. The molecule has 1 aliphatic rings. The summed E-state index contributed by atoms with van der Waals surface area (Å²) in [6.07, 6.45) is 1.46. The van der Waals surface area contributed by atoms with E-state index in [2.05, 4.69) is 10.4 Å². The average molecular weight is 308 g/mol. The fourth-order valence-electron chi connectivity index (χ4n) is 1.92. The quantitative estimate of drug-likeness (QED) is 0.866. The topological polar surface area (TPSA) is 62.3 Å². The van der Waals surface area contributed by atoms with E-state index < -0.39 is 11.8 Å². The number of hydrazine groups is 1. The summed E-state index contributed by atoms with van der Waals surface area (Å²) >= 11 is 11.7. The molecule has 7 heteroatoms. The third-order valence-corrected chi connectivity index (χ3v) is 3.19. The van der Waals surface area contributed by atoms with Crippen molar-refractivity contribution in [2.75, 3.05) is 5.43 Å². The number of imide groups is 1. The number of hydrogen-bond acceptors (Lipinski definition) is 4. The van der Waals surface area contributed by atoms with Gasteiger partial charge in [0, 0.05) is 16.2 Å². The van der Waals surface area contributed by atoms with Crippen molar-refractivity contribution >= 4 is 40.7 Å². The van der Waals surface area contributed by atoms with Crippen LogP contribution in [0.3, 0.4) is 0 Å². The maximum atomic E-state index is 12.1. The third-order valence-electron chi connectivity index (χ3n) is 2.75. The Balaban J connectivity index is 1.93. The fraction of sp³-hybridized carbons (Fsp3) is 0.